The van der Waals surface area contributed by atoms with E-state index in [1.807, 2.05) is 30.0 Å². The van der Waals surface area contributed by atoms with E-state index in [0.717, 1.165) is 28.2 Å². The van der Waals surface area contributed by atoms with Crippen LogP contribution in [0.4, 0.5) is 0 Å². The van der Waals surface area contributed by atoms with Crippen molar-refractivity contribution < 1.29 is 14.3 Å². The fourth-order valence-electron chi connectivity index (χ4n) is 3.23. The van der Waals surface area contributed by atoms with Gasteiger partial charge in [-0.2, -0.15) is 0 Å². The molecule has 1 atom stereocenters. The number of fused-ring (bicyclic) bond motifs is 1. The number of nitrogens with zero attached hydrogens (tertiary/aromatic N) is 2. The van der Waals surface area contributed by atoms with Gasteiger partial charge < -0.3 is 24.3 Å². The second-order valence-corrected chi connectivity index (χ2v) is 6.15. The van der Waals surface area contributed by atoms with Crippen LogP contribution in [0.15, 0.2) is 30.6 Å². The number of benzene rings is 1. The highest BCUT2D eigenvalue weighted by molar-refractivity contribution is 6.07. The maximum absolute atomic E-state index is 13.2. The fraction of sp³-hybridized carbons (Fsp3) is 0.333. The maximum atomic E-state index is 13.2. The van der Waals surface area contributed by atoms with Crippen molar-refractivity contribution in [3.05, 3.63) is 47.7 Å². The lowest BCUT2D eigenvalue weighted by Gasteiger charge is -2.34. The summed E-state index contributed by atoms with van der Waals surface area (Å²) in [7, 11) is 1.62. The molecule has 1 fully saturated rings. The van der Waals surface area contributed by atoms with Crippen LogP contribution in [0.1, 0.15) is 27.9 Å². The number of carbonyl (C=O) groups is 1. The highest BCUT2D eigenvalue weighted by atomic mass is 16.5. The number of aromatic nitrogens is 3. The summed E-state index contributed by atoms with van der Waals surface area (Å²) in [6.45, 7) is 3.43. The van der Waals surface area contributed by atoms with Crippen LogP contribution in [0.5, 0.6) is 5.75 Å². The highest BCUT2D eigenvalue weighted by Crippen LogP contribution is 2.28. The van der Waals surface area contributed by atoms with E-state index in [4.69, 9.17) is 9.47 Å². The molecule has 1 amide bonds. The number of hydrogen-bond donors (Lipinski definition) is 2. The lowest BCUT2D eigenvalue weighted by molar-refractivity contribution is -0.00490. The van der Waals surface area contributed by atoms with Gasteiger partial charge in [0.1, 0.15) is 17.6 Å². The number of aromatic amines is 2. The molecule has 3 heterocycles. The number of carbonyl (C=O) groups excluding carboxylic acids is 1. The van der Waals surface area contributed by atoms with Crippen LogP contribution < -0.4 is 4.74 Å². The molecular weight excluding hydrogens is 320 g/mol. The Hall–Kier alpha value is -2.80. The van der Waals surface area contributed by atoms with Crippen molar-refractivity contribution in [2.24, 2.45) is 0 Å². The van der Waals surface area contributed by atoms with E-state index in [0.29, 0.717) is 25.3 Å². The number of rotatable bonds is 3. The number of amides is 1. The van der Waals surface area contributed by atoms with Crippen LogP contribution in [0.3, 0.4) is 0 Å². The number of methoxy groups -OCH3 is 1. The largest absolute Gasteiger partial charge is 0.497 e. The van der Waals surface area contributed by atoms with Crippen molar-refractivity contribution in [1.29, 1.82) is 0 Å². The zero-order valence-electron chi connectivity index (χ0n) is 14.2. The number of morpholine rings is 1. The van der Waals surface area contributed by atoms with Crippen LogP contribution in [-0.2, 0) is 4.74 Å². The number of nitrogens with one attached hydrogen (secondary N) is 2. The van der Waals surface area contributed by atoms with Crippen LogP contribution >= 0.6 is 0 Å². The number of H-pyrrole nitrogens is 2. The van der Waals surface area contributed by atoms with Gasteiger partial charge in [0.15, 0.2) is 0 Å². The van der Waals surface area contributed by atoms with Crippen molar-refractivity contribution >= 4 is 16.8 Å². The molecule has 1 aromatic carbocycles. The summed E-state index contributed by atoms with van der Waals surface area (Å²) in [5, 5.41) is 0.852. The van der Waals surface area contributed by atoms with Gasteiger partial charge in [0.05, 0.1) is 25.9 Å². The minimum Gasteiger partial charge on any atom is -0.497 e. The van der Waals surface area contributed by atoms with E-state index in [-0.39, 0.29) is 11.9 Å². The molecule has 7 nitrogen and oxygen atoms in total. The smallest absolute Gasteiger partial charge is 0.256 e. The van der Waals surface area contributed by atoms with E-state index in [9.17, 15) is 4.79 Å². The van der Waals surface area contributed by atoms with Crippen LogP contribution in [0.2, 0.25) is 0 Å². The SMILES string of the molecule is COc1ccc2[nH]cc(C(=O)N3CCOC[C@H]3c3ncc(C)[nH]3)c2c1. The molecule has 1 aliphatic heterocycles. The minimum absolute atomic E-state index is 0.0399. The monoisotopic (exact) mass is 340 g/mol. The van der Waals surface area contributed by atoms with Crippen molar-refractivity contribution in [3.8, 4) is 5.75 Å². The molecule has 0 bridgehead atoms. The van der Waals surface area contributed by atoms with Gasteiger partial charge in [0.2, 0.25) is 0 Å². The Labute approximate surface area is 145 Å². The normalized spacial score (nSPS) is 17.8. The second-order valence-electron chi connectivity index (χ2n) is 6.15. The first-order valence-corrected chi connectivity index (χ1v) is 8.22. The third-order valence-electron chi connectivity index (χ3n) is 4.55. The van der Waals surface area contributed by atoms with E-state index in [1.54, 1.807) is 19.5 Å². The Bertz CT molecular complexity index is 914. The molecule has 0 spiro atoms. The third kappa shape index (κ3) is 2.76. The predicted octanol–water partition coefficient (Wildman–Crippen LogP) is 2.42. The van der Waals surface area contributed by atoms with E-state index in [1.165, 1.54) is 0 Å². The Morgan fingerprint density at radius 2 is 2.32 bits per heavy atom. The zero-order valence-corrected chi connectivity index (χ0v) is 14.2. The summed E-state index contributed by atoms with van der Waals surface area (Å²) < 4.78 is 10.9. The van der Waals surface area contributed by atoms with E-state index >= 15 is 0 Å². The molecule has 2 aromatic heterocycles. The van der Waals surface area contributed by atoms with Gasteiger partial charge in [-0.25, -0.2) is 4.98 Å². The van der Waals surface area contributed by atoms with Crippen molar-refractivity contribution in [2.45, 2.75) is 13.0 Å². The molecule has 4 rings (SSSR count). The first kappa shape index (κ1) is 15.7. The maximum Gasteiger partial charge on any atom is 0.256 e. The summed E-state index contributed by atoms with van der Waals surface area (Å²) in [5.41, 5.74) is 2.50. The molecule has 3 aromatic rings. The first-order valence-electron chi connectivity index (χ1n) is 8.22. The lowest BCUT2D eigenvalue weighted by Crippen LogP contribution is -2.43. The van der Waals surface area contributed by atoms with Crippen molar-refractivity contribution in [1.82, 2.24) is 19.9 Å². The molecule has 0 radical (unpaired) electrons. The fourth-order valence-corrected chi connectivity index (χ4v) is 3.23. The highest BCUT2D eigenvalue weighted by Gasteiger charge is 2.32. The molecule has 0 saturated carbocycles. The summed E-state index contributed by atoms with van der Waals surface area (Å²) in [4.78, 5) is 25.8. The molecular formula is C18H20N4O3. The zero-order chi connectivity index (χ0) is 17.4. The summed E-state index contributed by atoms with van der Waals surface area (Å²) >= 11 is 0. The molecule has 0 aliphatic carbocycles. The topological polar surface area (TPSA) is 83.2 Å². The number of imidazole rings is 1. The summed E-state index contributed by atoms with van der Waals surface area (Å²) in [6.07, 6.45) is 3.52. The Morgan fingerprint density at radius 1 is 1.44 bits per heavy atom. The Morgan fingerprint density at radius 3 is 3.08 bits per heavy atom. The van der Waals surface area contributed by atoms with Gasteiger partial charge in [0, 0.05) is 35.5 Å². The molecule has 7 heteroatoms. The van der Waals surface area contributed by atoms with Gasteiger partial charge in [-0.15, -0.1) is 0 Å². The lowest BCUT2D eigenvalue weighted by atomic mass is 10.1. The first-order chi connectivity index (χ1) is 12.2. The van der Waals surface area contributed by atoms with Crippen LogP contribution in [0, 0.1) is 6.92 Å². The van der Waals surface area contributed by atoms with Gasteiger partial charge in [-0.1, -0.05) is 0 Å². The van der Waals surface area contributed by atoms with Gasteiger partial charge in [-0.3, -0.25) is 4.79 Å². The number of ether oxygens (including phenoxy) is 2. The third-order valence-corrected chi connectivity index (χ3v) is 4.55. The van der Waals surface area contributed by atoms with E-state index in [2.05, 4.69) is 15.0 Å². The second kappa shape index (κ2) is 6.25. The average molecular weight is 340 g/mol. The minimum atomic E-state index is -0.217. The van der Waals surface area contributed by atoms with Crippen LogP contribution in [0.25, 0.3) is 10.9 Å². The number of hydrogen-bond acceptors (Lipinski definition) is 4. The molecule has 1 saturated heterocycles. The van der Waals surface area contributed by atoms with Gasteiger partial charge in [-0.05, 0) is 25.1 Å². The number of aryl methyl sites for hydroxylation is 1. The van der Waals surface area contributed by atoms with Crippen molar-refractivity contribution in [2.75, 3.05) is 26.9 Å². The molecule has 130 valence electrons. The molecule has 1 aliphatic rings. The predicted molar refractivity (Wildman–Crippen MR) is 92.8 cm³/mol. The quantitative estimate of drug-likeness (QED) is 0.767. The average Bonchev–Trinajstić information content (AvgIpc) is 3.26. The van der Waals surface area contributed by atoms with Crippen molar-refractivity contribution in [3.63, 3.8) is 0 Å². The summed E-state index contributed by atoms with van der Waals surface area (Å²) in [6, 6.07) is 5.45. The Kier molecular flexibility index (Phi) is 3.93. The van der Waals surface area contributed by atoms with Crippen LogP contribution in [-0.4, -0.2) is 52.6 Å². The van der Waals surface area contributed by atoms with Gasteiger partial charge in [0.25, 0.3) is 5.91 Å². The molecule has 0 unspecified atom stereocenters. The summed E-state index contributed by atoms with van der Waals surface area (Å²) in [5.74, 6) is 1.44. The van der Waals surface area contributed by atoms with E-state index < -0.39 is 0 Å². The molecule has 25 heavy (non-hydrogen) atoms. The standard InChI is InChI=1S/C18H20N4O3/c1-11-8-20-17(21-11)16-10-25-6-5-22(16)18(23)14-9-19-15-4-3-12(24-2)7-13(14)15/h3-4,7-9,16,19H,5-6,10H2,1-2H3,(H,20,21)/t16-/m0/s1. The molecule has 2 N–H and O–H groups in total. The Balaban J connectivity index is 1.71. The van der Waals surface area contributed by atoms with Gasteiger partial charge >= 0.3 is 0 Å².